The molecule has 0 aliphatic carbocycles. The lowest BCUT2D eigenvalue weighted by atomic mass is 10.2. The van der Waals surface area contributed by atoms with E-state index in [1.54, 1.807) is 41.3 Å². The van der Waals surface area contributed by atoms with Crippen LogP contribution in [0, 0.1) is 0 Å². The Labute approximate surface area is 181 Å². The highest BCUT2D eigenvalue weighted by molar-refractivity contribution is 7.18. The standard InChI is InChI=1S/C19H18ClN3O5S.H2O/c20-16-6-5-15(29-16)18(25)21-9-14-10-23(19(26)28-14)13-3-1-12(2-4-13)22-7-8-27-11-17(22)24;/h1-6,14H,7-11H2,(H,21,25);1H2/t14-;/m0./s1. The number of morpholine rings is 1. The maximum absolute atomic E-state index is 12.2. The summed E-state index contributed by atoms with van der Waals surface area (Å²) in [4.78, 5) is 39.9. The molecule has 4 rings (SSSR count). The number of hydrogen-bond donors (Lipinski definition) is 1. The maximum atomic E-state index is 12.2. The Morgan fingerprint density at radius 2 is 1.83 bits per heavy atom. The molecule has 0 bridgehead atoms. The molecule has 1 aromatic carbocycles. The second-order valence-electron chi connectivity index (χ2n) is 6.54. The van der Waals surface area contributed by atoms with Gasteiger partial charge in [-0.1, -0.05) is 11.6 Å². The van der Waals surface area contributed by atoms with Crippen molar-refractivity contribution in [3.63, 3.8) is 0 Å². The van der Waals surface area contributed by atoms with Crippen LogP contribution in [0.25, 0.3) is 0 Å². The van der Waals surface area contributed by atoms with Gasteiger partial charge in [-0.25, -0.2) is 4.79 Å². The van der Waals surface area contributed by atoms with Crippen molar-refractivity contribution in [1.82, 2.24) is 5.32 Å². The van der Waals surface area contributed by atoms with Gasteiger partial charge in [0.2, 0.25) is 0 Å². The summed E-state index contributed by atoms with van der Waals surface area (Å²) in [6.07, 6.45) is -0.930. The Balaban J connectivity index is 0.00000256. The first kappa shape index (κ1) is 22.0. The van der Waals surface area contributed by atoms with Crippen molar-refractivity contribution in [2.45, 2.75) is 6.10 Å². The Morgan fingerprint density at radius 3 is 2.47 bits per heavy atom. The van der Waals surface area contributed by atoms with Crippen LogP contribution in [-0.4, -0.2) is 62.3 Å². The lowest BCUT2D eigenvalue weighted by molar-refractivity contribution is -0.125. The number of amides is 3. The Hall–Kier alpha value is -2.66. The van der Waals surface area contributed by atoms with Gasteiger partial charge in [0.1, 0.15) is 12.7 Å². The van der Waals surface area contributed by atoms with Crippen molar-refractivity contribution in [3.05, 3.63) is 45.6 Å². The SMILES string of the molecule is O.O=C(NC[C@H]1CN(c2ccc(N3CCOCC3=O)cc2)C(=O)O1)c1ccc(Cl)s1. The van der Waals surface area contributed by atoms with Crippen molar-refractivity contribution in [3.8, 4) is 0 Å². The number of ether oxygens (including phenoxy) is 2. The van der Waals surface area contributed by atoms with E-state index in [0.29, 0.717) is 34.6 Å². The highest BCUT2D eigenvalue weighted by Crippen LogP contribution is 2.26. The van der Waals surface area contributed by atoms with Gasteiger partial charge in [-0.15, -0.1) is 11.3 Å². The molecule has 2 fully saturated rings. The fourth-order valence-corrected chi connectivity index (χ4v) is 4.13. The van der Waals surface area contributed by atoms with Gasteiger partial charge >= 0.3 is 6.09 Å². The van der Waals surface area contributed by atoms with Gasteiger partial charge in [0, 0.05) is 17.9 Å². The average molecular weight is 454 g/mol. The molecule has 0 spiro atoms. The molecule has 0 radical (unpaired) electrons. The van der Waals surface area contributed by atoms with Crippen LogP contribution in [0.5, 0.6) is 0 Å². The number of carbonyl (C=O) groups excluding carboxylic acids is 3. The van der Waals surface area contributed by atoms with Gasteiger partial charge in [0.05, 0.1) is 28.9 Å². The third-order valence-corrected chi connectivity index (χ3v) is 5.85. The van der Waals surface area contributed by atoms with E-state index in [2.05, 4.69) is 5.32 Å². The van der Waals surface area contributed by atoms with Crippen LogP contribution >= 0.6 is 22.9 Å². The summed E-state index contributed by atoms with van der Waals surface area (Å²) in [6.45, 7) is 1.60. The van der Waals surface area contributed by atoms with Gasteiger partial charge in [0.25, 0.3) is 11.8 Å². The van der Waals surface area contributed by atoms with E-state index < -0.39 is 12.2 Å². The molecular weight excluding hydrogens is 434 g/mol. The van der Waals surface area contributed by atoms with Gasteiger partial charge in [0.15, 0.2) is 0 Å². The lowest BCUT2D eigenvalue weighted by Crippen LogP contribution is -2.41. The number of hydrogen-bond acceptors (Lipinski definition) is 6. The minimum Gasteiger partial charge on any atom is -0.442 e. The van der Waals surface area contributed by atoms with E-state index >= 15 is 0 Å². The number of rotatable bonds is 5. The molecule has 3 heterocycles. The third-order valence-electron chi connectivity index (χ3n) is 4.62. The lowest BCUT2D eigenvalue weighted by Gasteiger charge is -2.27. The summed E-state index contributed by atoms with van der Waals surface area (Å²) < 4.78 is 11.0. The highest BCUT2D eigenvalue weighted by Gasteiger charge is 2.33. The van der Waals surface area contributed by atoms with Crippen LogP contribution in [0.15, 0.2) is 36.4 Å². The molecule has 1 aromatic heterocycles. The quantitative estimate of drug-likeness (QED) is 0.738. The van der Waals surface area contributed by atoms with E-state index in [1.807, 2.05) is 0 Å². The fourth-order valence-electron chi connectivity index (χ4n) is 3.17. The van der Waals surface area contributed by atoms with E-state index in [4.69, 9.17) is 21.1 Å². The minimum atomic E-state index is -0.474. The zero-order valence-electron chi connectivity index (χ0n) is 15.8. The number of benzene rings is 1. The van der Waals surface area contributed by atoms with Crippen molar-refractivity contribution < 1.29 is 29.3 Å². The van der Waals surface area contributed by atoms with Crippen LogP contribution in [0.1, 0.15) is 9.67 Å². The summed E-state index contributed by atoms with van der Waals surface area (Å²) in [5.41, 5.74) is 1.42. The van der Waals surface area contributed by atoms with Crippen molar-refractivity contribution >= 4 is 52.2 Å². The van der Waals surface area contributed by atoms with Gasteiger partial charge in [-0.3, -0.25) is 14.5 Å². The normalized spacial score (nSPS) is 18.8. The third kappa shape index (κ3) is 4.73. The van der Waals surface area contributed by atoms with Gasteiger partial charge in [-0.05, 0) is 36.4 Å². The Morgan fingerprint density at radius 1 is 1.13 bits per heavy atom. The van der Waals surface area contributed by atoms with Crippen LogP contribution in [0.4, 0.5) is 16.2 Å². The first-order chi connectivity index (χ1) is 14.0. The average Bonchev–Trinajstić information content (AvgIpc) is 3.32. The van der Waals surface area contributed by atoms with Crippen LogP contribution in [-0.2, 0) is 14.3 Å². The molecular formula is C19H20ClN3O6S. The van der Waals surface area contributed by atoms with E-state index in [9.17, 15) is 14.4 Å². The number of halogens is 1. The number of thiophene rings is 1. The summed E-state index contributed by atoms with van der Waals surface area (Å²) >= 11 is 7.03. The van der Waals surface area contributed by atoms with Crippen LogP contribution in [0.2, 0.25) is 4.34 Å². The molecule has 2 aliphatic rings. The first-order valence-electron chi connectivity index (χ1n) is 9.01. The smallest absolute Gasteiger partial charge is 0.414 e. The zero-order valence-corrected chi connectivity index (χ0v) is 17.4. The van der Waals surface area contributed by atoms with Crippen molar-refractivity contribution in [2.75, 3.05) is 42.6 Å². The van der Waals surface area contributed by atoms with Gasteiger partial charge < -0.3 is 25.2 Å². The topological polar surface area (TPSA) is 120 Å². The number of nitrogens with one attached hydrogen (secondary N) is 1. The second kappa shape index (κ2) is 9.43. The molecule has 0 saturated carbocycles. The molecule has 3 amide bonds. The summed E-state index contributed by atoms with van der Waals surface area (Å²) in [5, 5.41) is 2.76. The molecule has 3 N–H and O–H groups in total. The van der Waals surface area contributed by atoms with Gasteiger partial charge in [-0.2, -0.15) is 0 Å². The van der Waals surface area contributed by atoms with Crippen LogP contribution < -0.4 is 15.1 Å². The molecule has 9 nitrogen and oxygen atoms in total. The molecule has 160 valence electrons. The molecule has 30 heavy (non-hydrogen) atoms. The minimum absolute atomic E-state index is 0. The maximum Gasteiger partial charge on any atom is 0.414 e. The number of nitrogens with zero attached hydrogens (tertiary/aromatic N) is 2. The Kier molecular flexibility index (Phi) is 6.93. The van der Waals surface area contributed by atoms with E-state index in [-0.39, 0.29) is 30.4 Å². The second-order valence-corrected chi connectivity index (χ2v) is 8.26. The molecule has 2 aromatic rings. The number of anilines is 2. The summed E-state index contributed by atoms with van der Waals surface area (Å²) in [7, 11) is 0. The number of carbonyl (C=O) groups is 3. The molecule has 2 saturated heterocycles. The van der Waals surface area contributed by atoms with Crippen molar-refractivity contribution in [2.24, 2.45) is 0 Å². The molecule has 0 unspecified atom stereocenters. The van der Waals surface area contributed by atoms with E-state index in [1.165, 1.54) is 16.2 Å². The molecule has 2 aliphatic heterocycles. The largest absolute Gasteiger partial charge is 0.442 e. The van der Waals surface area contributed by atoms with E-state index in [0.717, 1.165) is 5.69 Å². The number of cyclic esters (lactones) is 1. The zero-order chi connectivity index (χ0) is 20.4. The summed E-state index contributed by atoms with van der Waals surface area (Å²) in [5.74, 6) is -0.344. The Bertz CT molecular complexity index is 935. The monoisotopic (exact) mass is 453 g/mol. The van der Waals surface area contributed by atoms with Crippen molar-refractivity contribution in [1.29, 1.82) is 0 Å². The molecule has 11 heteroatoms. The highest BCUT2D eigenvalue weighted by atomic mass is 35.5. The first-order valence-corrected chi connectivity index (χ1v) is 10.2. The van der Waals surface area contributed by atoms with Crippen LogP contribution in [0.3, 0.4) is 0 Å². The summed E-state index contributed by atoms with van der Waals surface area (Å²) in [6, 6.07) is 10.4. The predicted molar refractivity (Wildman–Crippen MR) is 113 cm³/mol. The fraction of sp³-hybridized carbons (Fsp3) is 0.316. The molecule has 1 atom stereocenters. The predicted octanol–water partition coefficient (Wildman–Crippen LogP) is 1.70.